The van der Waals surface area contributed by atoms with Gasteiger partial charge in [-0.05, 0) is 29.8 Å². The fourth-order valence-electron chi connectivity index (χ4n) is 3.08. The van der Waals surface area contributed by atoms with E-state index in [-0.39, 0.29) is 0 Å². The van der Waals surface area contributed by atoms with E-state index in [0.717, 1.165) is 62.0 Å². The van der Waals surface area contributed by atoms with Crippen molar-refractivity contribution in [2.75, 3.05) is 31.2 Å². The van der Waals surface area contributed by atoms with Gasteiger partial charge in [-0.2, -0.15) is 5.10 Å². The maximum atomic E-state index is 5.41. The van der Waals surface area contributed by atoms with Gasteiger partial charge in [-0.15, -0.1) is 0 Å². The van der Waals surface area contributed by atoms with E-state index in [4.69, 9.17) is 4.74 Å². The van der Waals surface area contributed by atoms with E-state index in [2.05, 4.69) is 36.4 Å². The molecule has 7 nitrogen and oxygen atoms in total. The molecule has 134 valence electrons. The molecular weight excluding hydrogens is 328 g/mol. The predicted molar refractivity (Wildman–Crippen MR) is 99.6 cm³/mol. The van der Waals surface area contributed by atoms with E-state index in [9.17, 15) is 0 Å². The Morgan fingerprint density at radius 1 is 1.12 bits per heavy atom. The van der Waals surface area contributed by atoms with E-state index in [1.807, 2.05) is 36.8 Å². The Morgan fingerprint density at radius 3 is 2.88 bits per heavy atom. The van der Waals surface area contributed by atoms with Crippen LogP contribution in [0.3, 0.4) is 0 Å². The van der Waals surface area contributed by atoms with Gasteiger partial charge in [0.2, 0.25) is 0 Å². The van der Waals surface area contributed by atoms with Crippen LogP contribution >= 0.6 is 0 Å². The highest BCUT2D eigenvalue weighted by molar-refractivity contribution is 5.61. The molecule has 3 aromatic heterocycles. The summed E-state index contributed by atoms with van der Waals surface area (Å²) in [5.41, 5.74) is 4.39. The number of hydrogen-bond acceptors (Lipinski definition) is 6. The lowest BCUT2D eigenvalue weighted by Gasteiger charge is -2.28. The van der Waals surface area contributed by atoms with Crippen molar-refractivity contribution in [3.63, 3.8) is 0 Å². The molecule has 3 aromatic rings. The number of hydrogen-bond donors (Lipinski definition) is 2. The van der Waals surface area contributed by atoms with Gasteiger partial charge in [-0.1, -0.05) is 0 Å². The third kappa shape index (κ3) is 3.89. The van der Waals surface area contributed by atoms with Crippen molar-refractivity contribution in [3.8, 4) is 11.3 Å². The average Bonchev–Trinajstić information content (AvgIpc) is 3.18. The molecule has 4 rings (SSSR count). The summed E-state index contributed by atoms with van der Waals surface area (Å²) < 4.78 is 5.41. The molecule has 0 unspecified atom stereocenters. The van der Waals surface area contributed by atoms with Crippen molar-refractivity contribution >= 4 is 5.82 Å². The minimum Gasteiger partial charge on any atom is -0.378 e. The summed E-state index contributed by atoms with van der Waals surface area (Å²) in [5.74, 6) is 1.02. The summed E-state index contributed by atoms with van der Waals surface area (Å²) in [4.78, 5) is 10.9. The van der Waals surface area contributed by atoms with Crippen LogP contribution in [0.25, 0.3) is 11.3 Å². The Balaban J connectivity index is 1.38. The molecule has 0 radical (unpaired) electrons. The molecule has 0 spiro atoms. The molecule has 2 N–H and O–H groups in total. The second kappa shape index (κ2) is 8.07. The number of anilines is 1. The molecule has 0 aliphatic carbocycles. The number of nitrogens with zero attached hydrogens (tertiary/aromatic N) is 4. The molecule has 1 aliphatic rings. The number of aromatic nitrogens is 4. The third-order valence-corrected chi connectivity index (χ3v) is 4.46. The normalized spacial score (nSPS) is 14.5. The van der Waals surface area contributed by atoms with Gasteiger partial charge >= 0.3 is 0 Å². The number of pyridine rings is 2. The molecule has 0 bridgehead atoms. The monoisotopic (exact) mass is 350 g/mol. The molecule has 4 heterocycles. The van der Waals surface area contributed by atoms with Crippen LogP contribution in [0.4, 0.5) is 5.82 Å². The van der Waals surface area contributed by atoms with Crippen molar-refractivity contribution in [2.24, 2.45) is 0 Å². The number of H-pyrrole nitrogens is 1. The highest BCUT2D eigenvalue weighted by Crippen LogP contribution is 2.20. The van der Waals surface area contributed by atoms with E-state index in [1.54, 1.807) is 6.20 Å². The summed E-state index contributed by atoms with van der Waals surface area (Å²) in [7, 11) is 0. The third-order valence-electron chi connectivity index (χ3n) is 4.46. The van der Waals surface area contributed by atoms with Crippen molar-refractivity contribution in [3.05, 3.63) is 60.2 Å². The van der Waals surface area contributed by atoms with Gasteiger partial charge in [0.15, 0.2) is 0 Å². The van der Waals surface area contributed by atoms with Crippen LogP contribution < -0.4 is 10.2 Å². The quantitative estimate of drug-likeness (QED) is 0.708. The number of nitrogens with one attached hydrogen (secondary N) is 2. The Labute approximate surface area is 152 Å². The van der Waals surface area contributed by atoms with Gasteiger partial charge in [0, 0.05) is 55.9 Å². The van der Waals surface area contributed by atoms with Crippen LogP contribution in [0.15, 0.2) is 49.1 Å². The molecule has 1 aliphatic heterocycles. The largest absolute Gasteiger partial charge is 0.378 e. The lowest BCUT2D eigenvalue weighted by Crippen LogP contribution is -2.36. The lowest BCUT2D eigenvalue weighted by molar-refractivity contribution is 0.122. The molecule has 1 saturated heterocycles. The van der Waals surface area contributed by atoms with Crippen LogP contribution in [0.5, 0.6) is 0 Å². The lowest BCUT2D eigenvalue weighted by atomic mass is 10.1. The van der Waals surface area contributed by atoms with E-state index in [0.29, 0.717) is 0 Å². The first kappa shape index (κ1) is 16.7. The van der Waals surface area contributed by atoms with Gasteiger partial charge in [0.25, 0.3) is 0 Å². The fourth-order valence-corrected chi connectivity index (χ4v) is 3.08. The van der Waals surface area contributed by atoms with Crippen molar-refractivity contribution in [1.82, 2.24) is 25.5 Å². The van der Waals surface area contributed by atoms with Gasteiger partial charge < -0.3 is 15.0 Å². The topological polar surface area (TPSA) is 79.0 Å². The zero-order valence-corrected chi connectivity index (χ0v) is 14.6. The first-order valence-corrected chi connectivity index (χ1v) is 8.81. The Morgan fingerprint density at radius 2 is 2.04 bits per heavy atom. The number of ether oxygens (including phenoxy) is 1. The molecule has 26 heavy (non-hydrogen) atoms. The van der Waals surface area contributed by atoms with Gasteiger partial charge in [-0.25, -0.2) is 4.98 Å². The van der Waals surface area contributed by atoms with Gasteiger partial charge in [0.05, 0.1) is 25.1 Å². The molecule has 7 heteroatoms. The van der Waals surface area contributed by atoms with Crippen LogP contribution in [0.2, 0.25) is 0 Å². The zero-order chi connectivity index (χ0) is 17.6. The van der Waals surface area contributed by atoms with Gasteiger partial charge in [0.1, 0.15) is 5.82 Å². The molecule has 0 saturated carbocycles. The van der Waals surface area contributed by atoms with Crippen molar-refractivity contribution in [2.45, 2.75) is 13.1 Å². The van der Waals surface area contributed by atoms with Crippen LogP contribution in [0.1, 0.15) is 11.1 Å². The van der Waals surface area contributed by atoms with E-state index >= 15 is 0 Å². The minimum atomic E-state index is 0.732. The molecule has 1 fully saturated rings. The summed E-state index contributed by atoms with van der Waals surface area (Å²) in [6, 6.07) is 8.16. The number of morpholine rings is 1. The maximum Gasteiger partial charge on any atom is 0.128 e. The Kier molecular flexibility index (Phi) is 5.18. The fraction of sp³-hybridized carbons (Fsp3) is 0.316. The van der Waals surface area contributed by atoms with Crippen LogP contribution in [0, 0.1) is 0 Å². The number of aromatic amines is 1. The Bertz CT molecular complexity index is 829. The van der Waals surface area contributed by atoms with Gasteiger partial charge in [-0.3, -0.25) is 10.1 Å². The molecule has 0 atom stereocenters. The first-order chi connectivity index (χ1) is 12.9. The summed E-state index contributed by atoms with van der Waals surface area (Å²) in [5, 5.41) is 10.7. The van der Waals surface area contributed by atoms with E-state index < -0.39 is 0 Å². The van der Waals surface area contributed by atoms with Crippen molar-refractivity contribution < 1.29 is 4.74 Å². The number of rotatable bonds is 6. The first-order valence-electron chi connectivity index (χ1n) is 8.81. The highest BCUT2D eigenvalue weighted by atomic mass is 16.5. The molecular formula is C19H22N6O. The van der Waals surface area contributed by atoms with Crippen LogP contribution in [-0.2, 0) is 17.8 Å². The summed E-state index contributed by atoms with van der Waals surface area (Å²) >= 11 is 0. The highest BCUT2D eigenvalue weighted by Gasteiger charge is 2.12. The SMILES string of the molecule is c1cncc(-c2[nH]ncc2CNCc2ccnc(N3CCOCC3)c2)c1. The standard InChI is InChI=1S/C19H22N6O/c1-2-16(12-20-4-1)19-17(14-23-24-19)13-21-11-15-3-5-22-18(10-15)25-6-8-26-9-7-25/h1-5,10,12,14,21H,6-9,11,13H2,(H,23,24). The Hall–Kier alpha value is -2.77. The van der Waals surface area contributed by atoms with Crippen molar-refractivity contribution in [1.29, 1.82) is 0 Å². The molecule has 0 aromatic carbocycles. The van der Waals surface area contributed by atoms with E-state index in [1.165, 1.54) is 5.56 Å². The summed E-state index contributed by atoms with van der Waals surface area (Å²) in [6.07, 6.45) is 7.35. The smallest absolute Gasteiger partial charge is 0.128 e. The summed E-state index contributed by atoms with van der Waals surface area (Å²) in [6.45, 7) is 4.83. The predicted octanol–water partition coefficient (Wildman–Crippen LogP) is 1.99. The maximum absolute atomic E-state index is 5.41. The molecule has 0 amide bonds. The van der Waals surface area contributed by atoms with Crippen LogP contribution in [-0.4, -0.2) is 46.5 Å². The second-order valence-electron chi connectivity index (χ2n) is 6.24. The second-order valence-corrected chi connectivity index (χ2v) is 6.24. The minimum absolute atomic E-state index is 0.732. The zero-order valence-electron chi connectivity index (χ0n) is 14.6. The average molecular weight is 350 g/mol.